The van der Waals surface area contributed by atoms with Crippen LogP contribution in [0.15, 0.2) is 56.6 Å². The number of hydrogen-bond donors (Lipinski definition) is 2. The molecule has 2 aliphatic carbocycles. The lowest BCUT2D eigenvalue weighted by Crippen LogP contribution is -2.25. The van der Waals surface area contributed by atoms with Crippen molar-refractivity contribution < 1.29 is 19.0 Å². The fourth-order valence-electron chi connectivity index (χ4n) is 2.98. The Morgan fingerprint density at radius 3 is 3.15 bits per heavy atom. The Hall–Kier alpha value is -2.78. The van der Waals surface area contributed by atoms with Crippen LogP contribution in [0.3, 0.4) is 0 Å². The number of hydroxylamine groups is 1. The summed E-state index contributed by atoms with van der Waals surface area (Å²) in [6.45, 7) is 0. The van der Waals surface area contributed by atoms with E-state index < -0.39 is 0 Å². The molecular weight excluding hydrogens is 371 g/mol. The van der Waals surface area contributed by atoms with Crippen LogP contribution < -0.4 is 5.48 Å². The molecule has 1 heterocycles. The van der Waals surface area contributed by atoms with Crippen molar-refractivity contribution in [3.63, 3.8) is 0 Å². The van der Waals surface area contributed by atoms with Gasteiger partial charge >= 0.3 is 0 Å². The van der Waals surface area contributed by atoms with E-state index in [-0.39, 0.29) is 29.2 Å². The Bertz CT molecular complexity index is 983. The minimum absolute atomic E-state index is 0.0572. The highest BCUT2D eigenvalue weighted by molar-refractivity contribution is 7.99. The van der Waals surface area contributed by atoms with Crippen molar-refractivity contribution in [1.29, 1.82) is 0 Å². The molecule has 0 spiro atoms. The lowest BCUT2D eigenvalue weighted by atomic mass is 9.83. The molecule has 4 rings (SSSR count). The van der Waals surface area contributed by atoms with Crippen LogP contribution in [0.25, 0.3) is 0 Å². The highest BCUT2D eigenvalue weighted by Crippen LogP contribution is 2.37. The number of ketones is 1. The maximum atomic E-state index is 13.4. The SMILES string of the molecule is O=C1C=CC=C(CSc2nonc2C(=N[C@@H]2Cc3ccc(F)cc32)NO)C1. The molecule has 0 unspecified atom stereocenters. The molecule has 0 bridgehead atoms. The number of hydrogen-bond acceptors (Lipinski definition) is 7. The van der Waals surface area contributed by atoms with Crippen molar-refractivity contribution in [2.24, 2.45) is 4.99 Å². The van der Waals surface area contributed by atoms with Gasteiger partial charge in [-0.15, -0.1) is 0 Å². The molecule has 138 valence electrons. The van der Waals surface area contributed by atoms with Crippen molar-refractivity contribution >= 4 is 23.4 Å². The lowest BCUT2D eigenvalue weighted by Gasteiger charge is -2.27. The lowest BCUT2D eigenvalue weighted by molar-refractivity contribution is -0.114. The number of aromatic nitrogens is 2. The number of aliphatic imine (C=N–C) groups is 1. The molecule has 0 fully saturated rings. The molecule has 27 heavy (non-hydrogen) atoms. The van der Waals surface area contributed by atoms with E-state index in [0.29, 0.717) is 23.6 Å². The van der Waals surface area contributed by atoms with Crippen LogP contribution in [0.5, 0.6) is 0 Å². The van der Waals surface area contributed by atoms with Crippen LogP contribution in [-0.4, -0.2) is 32.9 Å². The second-order valence-corrected chi connectivity index (χ2v) is 7.15. The van der Waals surface area contributed by atoms with Crippen LogP contribution in [0.1, 0.15) is 29.3 Å². The summed E-state index contributed by atoms with van der Waals surface area (Å²) < 4.78 is 18.2. The molecule has 0 aliphatic heterocycles. The van der Waals surface area contributed by atoms with E-state index in [1.54, 1.807) is 12.1 Å². The first-order valence-corrected chi connectivity index (χ1v) is 9.23. The Morgan fingerprint density at radius 1 is 1.44 bits per heavy atom. The summed E-state index contributed by atoms with van der Waals surface area (Å²) in [4.78, 5) is 15.9. The van der Waals surface area contributed by atoms with Crippen LogP contribution in [0.2, 0.25) is 0 Å². The Morgan fingerprint density at radius 2 is 2.33 bits per heavy atom. The van der Waals surface area contributed by atoms with E-state index in [1.807, 2.05) is 11.6 Å². The first-order chi connectivity index (χ1) is 13.1. The smallest absolute Gasteiger partial charge is 0.185 e. The number of carbonyl (C=O) groups excluding carboxylic acids is 1. The predicted molar refractivity (Wildman–Crippen MR) is 96.2 cm³/mol. The molecule has 1 aromatic heterocycles. The van der Waals surface area contributed by atoms with Crippen molar-refractivity contribution in [2.75, 3.05) is 5.75 Å². The predicted octanol–water partition coefficient (Wildman–Crippen LogP) is 2.78. The summed E-state index contributed by atoms with van der Waals surface area (Å²) in [5.74, 6) is 0.373. The van der Waals surface area contributed by atoms with Gasteiger partial charge in [-0.25, -0.2) is 9.02 Å². The van der Waals surface area contributed by atoms with E-state index in [2.05, 4.69) is 15.3 Å². The fourth-order valence-corrected chi connectivity index (χ4v) is 3.85. The number of nitrogens with one attached hydrogen (secondary N) is 1. The number of fused-ring (bicyclic) bond motifs is 1. The van der Waals surface area contributed by atoms with Gasteiger partial charge in [0.25, 0.3) is 0 Å². The van der Waals surface area contributed by atoms with Gasteiger partial charge < -0.3 is 0 Å². The van der Waals surface area contributed by atoms with Gasteiger partial charge in [0.2, 0.25) is 0 Å². The highest BCUT2D eigenvalue weighted by atomic mass is 32.2. The second-order valence-electron chi connectivity index (χ2n) is 6.19. The zero-order valence-electron chi connectivity index (χ0n) is 14.1. The van der Waals surface area contributed by atoms with Crippen LogP contribution in [-0.2, 0) is 11.2 Å². The molecule has 0 saturated carbocycles. The fraction of sp³-hybridized carbons (Fsp3) is 0.222. The number of allylic oxidation sites excluding steroid dienone is 3. The molecule has 7 nitrogen and oxygen atoms in total. The minimum atomic E-state index is -0.323. The molecule has 2 aliphatic rings. The first kappa shape index (κ1) is 17.6. The van der Waals surface area contributed by atoms with E-state index in [0.717, 1.165) is 16.7 Å². The number of rotatable bonds is 5. The molecule has 9 heteroatoms. The Labute approximate surface area is 158 Å². The third kappa shape index (κ3) is 3.69. The van der Waals surface area contributed by atoms with Crippen LogP contribution in [0, 0.1) is 5.82 Å². The summed E-state index contributed by atoms with van der Waals surface area (Å²) in [5.41, 5.74) is 5.07. The van der Waals surface area contributed by atoms with Crippen molar-refractivity contribution in [3.8, 4) is 0 Å². The molecule has 2 N–H and O–H groups in total. The first-order valence-electron chi connectivity index (χ1n) is 8.25. The largest absolute Gasteiger partial charge is 0.294 e. The van der Waals surface area contributed by atoms with Crippen molar-refractivity contribution in [3.05, 3.63) is 64.6 Å². The number of halogens is 1. The summed E-state index contributed by atoms with van der Waals surface area (Å²) in [7, 11) is 0. The molecule has 0 saturated heterocycles. The number of carbonyl (C=O) groups is 1. The molecule has 0 amide bonds. The quantitative estimate of drug-likeness (QED) is 0.353. The van der Waals surface area contributed by atoms with Gasteiger partial charge in [-0.3, -0.25) is 20.5 Å². The zero-order chi connectivity index (χ0) is 18.8. The monoisotopic (exact) mass is 386 g/mol. The van der Waals surface area contributed by atoms with Gasteiger partial charge in [0.1, 0.15) is 5.82 Å². The van der Waals surface area contributed by atoms with Gasteiger partial charge in [-0.1, -0.05) is 35.6 Å². The van der Waals surface area contributed by atoms with E-state index in [4.69, 9.17) is 4.63 Å². The number of amidine groups is 1. The normalized spacial score (nSPS) is 18.7. The average molecular weight is 386 g/mol. The number of benzene rings is 1. The second kappa shape index (κ2) is 7.45. The van der Waals surface area contributed by atoms with Gasteiger partial charge in [0.15, 0.2) is 22.3 Å². The minimum Gasteiger partial charge on any atom is -0.294 e. The molecule has 1 aromatic carbocycles. The third-order valence-electron chi connectivity index (χ3n) is 4.36. The summed E-state index contributed by atoms with van der Waals surface area (Å²) >= 11 is 1.33. The van der Waals surface area contributed by atoms with E-state index in [1.165, 1.54) is 30.0 Å². The molecule has 0 radical (unpaired) electrons. The Balaban J connectivity index is 1.51. The van der Waals surface area contributed by atoms with Crippen molar-refractivity contribution in [2.45, 2.75) is 23.9 Å². The summed E-state index contributed by atoms with van der Waals surface area (Å²) in [5, 5.41) is 17.6. The van der Waals surface area contributed by atoms with Crippen LogP contribution in [0.4, 0.5) is 4.39 Å². The standard InChI is InChI=1S/C18H15FN4O3S/c19-12-5-4-11-7-15(14(11)8-12)20-17(21-25)16-18(23-26-22-16)27-9-10-2-1-3-13(24)6-10/h1-5,8,15,25H,6-7,9H2,(H,20,21)/t15-/m1/s1. The van der Waals surface area contributed by atoms with Gasteiger partial charge in [0, 0.05) is 12.2 Å². The highest BCUT2D eigenvalue weighted by Gasteiger charge is 2.28. The zero-order valence-corrected chi connectivity index (χ0v) is 14.9. The van der Waals surface area contributed by atoms with Crippen molar-refractivity contribution in [1.82, 2.24) is 15.8 Å². The third-order valence-corrected chi connectivity index (χ3v) is 5.42. The van der Waals surface area contributed by atoms with Gasteiger partial charge in [-0.2, -0.15) is 0 Å². The molecular formula is C18H15FN4O3S. The van der Waals surface area contributed by atoms with Crippen LogP contribution >= 0.6 is 11.8 Å². The topological polar surface area (TPSA) is 101 Å². The summed E-state index contributed by atoms with van der Waals surface area (Å²) in [6, 6.07) is 4.32. The van der Waals surface area contributed by atoms with E-state index in [9.17, 15) is 14.4 Å². The maximum absolute atomic E-state index is 13.4. The average Bonchev–Trinajstić information content (AvgIpc) is 3.11. The maximum Gasteiger partial charge on any atom is 0.185 e. The number of nitrogens with zero attached hydrogens (tertiary/aromatic N) is 3. The molecule has 2 aromatic rings. The Kier molecular flexibility index (Phi) is 4.87. The van der Waals surface area contributed by atoms with Gasteiger partial charge in [-0.05, 0) is 46.1 Å². The number of thioether (sulfide) groups is 1. The molecule has 1 atom stereocenters. The van der Waals surface area contributed by atoms with E-state index >= 15 is 0 Å². The van der Waals surface area contributed by atoms with Gasteiger partial charge in [0.05, 0.1) is 6.04 Å². The summed E-state index contributed by atoms with van der Waals surface area (Å²) in [6.07, 6.45) is 6.17.